The Kier molecular flexibility index (Phi) is 3.91. The molecule has 0 saturated heterocycles. The van der Waals surface area contributed by atoms with E-state index in [1.807, 2.05) is 24.3 Å². The highest BCUT2D eigenvalue weighted by molar-refractivity contribution is 6.12. The fourth-order valence-electron chi connectivity index (χ4n) is 5.32. The molecule has 0 aliphatic carbocycles. The van der Waals surface area contributed by atoms with Crippen LogP contribution in [-0.4, -0.2) is 9.13 Å². The van der Waals surface area contributed by atoms with Crippen molar-refractivity contribution in [1.29, 1.82) is 5.26 Å². The van der Waals surface area contributed by atoms with Gasteiger partial charge in [0, 0.05) is 27.2 Å². The van der Waals surface area contributed by atoms with E-state index in [0.717, 1.165) is 38.8 Å². The van der Waals surface area contributed by atoms with Gasteiger partial charge in [0.25, 0.3) is 0 Å². The van der Waals surface area contributed by atoms with E-state index in [1.54, 1.807) is 0 Å². The summed E-state index contributed by atoms with van der Waals surface area (Å²) in [5, 5.41) is 15.0. The average molecular weight is 434 g/mol. The summed E-state index contributed by atoms with van der Waals surface area (Å²) in [5.41, 5.74) is 7.02. The molecule has 0 amide bonds. The molecule has 158 valence electrons. The van der Waals surface area contributed by atoms with Gasteiger partial charge in [0.2, 0.25) is 0 Å². The average Bonchev–Trinajstić information content (AvgIpc) is 3.41. The maximum absolute atomic E-state index is 10.3. The van der Waals surface area contributed by atoms with Crippen molar-refractivity contribution < 1.29 is 0 Å². The van der Waals surface area contributed by atoms with Crippen LogP contribution in [-0.2, 0) is 0 Å². The van der Waals surface area contributed by atoms with Crippen LogP contribution in [0, 0.1) is 11.3 Å². The summed E-state index contributed by atoms with van der Waals surface area (Å²) in [6, 6.07) is 42.4. The number of hydrogen-bond donors (Lipinski definition) is 0. The molecule has 0 fully saturated rings. The summed E-state index contributed by atoms with van der Waals surface area (Å²) in [4.78, 5) is 0. The first-order valence-electron chi connectivity index (χ1n) is 11.4. The number of rotatable bonds is 2. The summed E-state index contributed by atoms with van der Waals surface area (Å²) in [5.74, 6) is 0. The van der Waals surface area contributed by atoms with E-state index >= 15 is 0 Å². The van der Waals surface area contributed by atoms with Crippen molar-refractivity contribution >= 4 is 43.6 Å². The molecule has 0 spiro atoms. The van der Waals surface area contributed by atoms with Crippen molar-refractivity contribution in [2.45, 2.75) is 0 Å². The molecule has 7 aromatic rings. The number of hydrogen-bond acceptors (Lipinski definition) is 1. The maximum atomic E-state index is 10.3. The lowest BCUT2D eigenvalue weighted by Crippen LogP contribution is -1.99. The molecule has 0 atom stereocenters. The molecule has 34 heavy (non-hydrogen) atoms. The molecule has 0 saturated carbocycles. The number of benzene rings is 5. The largest absolute Gasteiger partial charge is 0.309 e. The fraction of sp³-hybridized carbons (Fsp3) is 0. The van der Waals surface area contributed by atoms with Crippen LogP contribution >= 0.6 is 0 Å². The molecule has 2 aromatic heterocycles. The van der Waals surface area contributed by atoms with E-state index < -0.39 is 0 Å². The Bertz CT molecular complexity index is 1860. The van der Waals surface area contributed by atoms with Gasteiger partial charge in [0.15, 0.2) is 0 Å². The van der Waals surface area contributed by atoms with Gasteiger partial charge in [0.05, 0.1) is 33.3 Å². The van der Waals surface area contributed by atoms with Crippen molar-refractivity contribution in [3.8, 4) is 17.4 Å². The van der Waals surface area contributed by atoms with Crippen LogP contribution in [0.3, 0.4) is 0 Å². The first kappa shape index (κ1) is 18.7. The zero-order valence-electron chi connectivity index (χ0n) is 18.3. The van der Waals surface area contributed by atoms with Crippen LogP contribution in [0.15, 0.2) is 115 Å². The van der Waals surface area contributed by atoms with Crippen molar-refractivity contribution in [3.63, 3.8) is 0 Å². The Morgan fingerprint density at radius 3 is 1.56 bits per heavy atom. The molecule has 2 heterocycles. The lowest BCUT2D eigenvalue weighted by atomic mass is 10.1. The molecule has 0 N–H and O–H groups in total. The van der Waals surface area contributed by atoms with E-state index in [1.165, 1.54) is 16.2 Å². The predicted molar refractivity (Wildman–Crippen MR) is 140 cm³/mol. The van der Waals surface area contributed by atoms with Gasteiger partial charge >= 0.3 is 0 Å². The van der Waals surface area contributed by atoms with Crippen LogP contribution in [0.1, 0.15) is 5.56 Å². The second kappa shape index (κ2) is 7.10. The third kappa shape index (κ3) is 2.51. The zero-order valence-corrected chi connectivity index (χ0v) is 18.3. The highest BCUT2D eigenvalue weighted by Crippen LogP contribution is 2.38. The standard InChI is InChI=1S/C31H19N3/c32-20-21-18-31-26(25-14-6-7-15-27(25)33(31)22-10-2-1-3-11-22)19-30(21)34-28-16-8-4-12-23(28)24-13-5-9-17-29(24)34/h1-19H. The molecule has 0 aliphatic rings. The number of para-hydroxylation sites is 4. The minimum Gasteiger partial charge on any atom is -0.309 e. The third-order valence-corrected chi connectivity index (χ3v) is 6.75. The van der Waals surface area contributed by atoms with Gasteiger partial charge < -0.3 is 9.13 Å². The highest BCUT2D eigenvalue weighted by Gasteiger charge is 2.19. The van der Waals surface area contributed by atoms with Gasteiger partial charge in [-0.15, -0.1) is 0 Å². The van der Waals surface area contributed by atoms with Crippen molar-refractivity contribution in [2.24, 2.45) is 0 Å². The summed E-state index contributed by atoms with van der Waals surface area (Å²) in [7, 11) is 0. The predicted octanol–water partition coefficient (Wildman–Crippen LogP) is 7.75. The number of aromatic nitrogens is 2. The Morgan fingerprint density at radius 2 is 0.971 bits per heavy atom. The van der Waals surface area contributed by atoms with Crippen LogP contribution < -0.4 is 0 Å². The third-order valence-electron chi connectivity index (χ3n) is 6.75. The zero-order chi connectivity index (χ0) is 22.6. The van der Waals surface area contributed by atoms with Crippen LogP contribution in [0.2, 0.25) is 0 Å². The van der Waals surface area contributed by atoms with Gasteiger partial charge in [-0.05, 0) is 42.5 Å². The second-order valence-corrected chi connectivity index (χ2v) is 8.56. The lowest BCUT2D eigenvalue weighted by Gasteiger charge is -2.12. The molecular weight excluding hydrogens is 414 g/mol. The van der Waals surface area contributed by atoms with E-state index in [-0.39, 0.29) is 0 Å². The van der Waals surface area contributed by atoms with Crippen molar-refractivity contribution in [2.75, 3.05) is 0 Å². The first-order valence-corrected chi connectivity index (χ1v) is 11.4. The summed E-state index contributed by atoms with van der Waals surface area (Å²) < 4.78 is 4.48. The molecular formula is C31H19N3. The van der Waals surface area contributed by atoms with Gasteiger partial charge in [0.1, 0.15) is 6.07 Å². The summed E-state index contributed by atoms with van der Waals surface area (Å²) in [6.07, 6.45) is 0. The Balaban J connectivity index is 1.66. The van der Waals surface area contributed by atoms with Crippen molar-refractivity contribution in [3.05, 3.63) is 121 Å². The molecule has 7 rings (SSSR count). The van der Waals surface area contributed by atoms with Crippen molar-refractivity contribution in [1.82, 2.24) is 9.13 Å². The molecule has 5 aromatic carbocycles. The van der Waals surface area contributed by atoms with E-state index in [2.05, 4.69) is 106 Å². The van der Waals surface area contributed by atoms with E-state index in [0.29, 0.717) is 5.56 Å². The van der Waals surface area contributed by atoms with Crippen LogP contribution in [0.5, 0.6) is 0 Å². The smallest absolute Gasteiger partial charge is 0.101 e. The minimum atomic E-state index is 0.652. The number of nitriles is 1. The summed E-state index contributed by atoms with van der Waals surface area (Å²) >= 11 is 0. The SMILES string of the molecule is N#Cc1cc2c(cc1-n1c3ccccc3c3ccccc31)c1ccccc1n2-c1ccccc1. The molecule has 3 heteroatoms. The molecule has 0 unspecified atom stereocenters. The minimum absolute atomic E-state index is 0.652. The number of fused-ring (bicyclic) bond motifs is 6. The fourth-order valence-corrected chi connectivity index (χ4v) is 5.32. The Hall–Kier alpha value is -4.81. The lowest BCUT2D eigenvalue weighted by molar-refractivity contribution is 1.16. The maximum Gasteiger partial charge on any atom is 0.101 e. The second-order valence-electron chi connectivity index (χ2n) is 8.56. The van der Waals surface area contributed by atoms with Gasteiger partial charge in [-0.1, -0.05) is 72.8 Å². The number of nitrogens with zero attached hydrogens (tertiary/aromatic N) is 3. The van der Waals surface area contributed by atoms with Crippen LogP contribution in [0.4, 0.5) is 0 Å². The Morgan fingerprint density at radius 1 is 0.471 bits per heavy atom. The Labute approximate surface area is 196 Å². The van der Waals surface area contributed by atoms with E-state index in [9.17, 15) is 5.26 Å². The molecule has 0 aliphatic heterocycles. The van der Waals surface area contributed by atoms with E-state index in [4.69, 9.17) is 0 Å². The van der Waals surface area contributed by atoms with Gasteiger partial charge in [-0.3, -0.25) is 0 Å². The van der Waals surface area contributed by atoms with Gasteiger partial charge in [-0.2, -0.15) is 5.26 Å². The summed E-state index contributed by atoms with van der Waals surface area (Å²) in [6.45, 7) is 0. The molecule has 3 nitrogen and oxygen atoms in total. The molecule has 0 radical (unpaired) electrons. The first-order chi connectivity index (χ1) is 16.8. The van der Waals surface area contributed by atoms with Gasteiger partial charge in [-0.25, -0.2) is 0 Å². The quantitative estimate of drug-likeness (QED) is 0.274. The monoisotopic (exact) mass is 433 g/mol. The highest BCUT2D eigenvalue weighted by atomic mass is 15.0. The van der Waals surface area contributed by atoms with Crippen LogP contribution in [0.25, 0.3) is 55.0 Å². The molecule has 0 bridgehead atoms. The topological polar surface area (TPSA) is 33.6 Å². The normalized spacial score (nSPS) is 11.5.